The highest BCUT2D eigenvalue weighted by Gasteiger charge is 2.39. The first-order valence-corrected chi connectivity index (χ1v) is 10.4. The molecule has 2 aromatic carbocycles. The lowest BCUT2D eigenvalue weighted by atomic mass is 10.0. The van der Waals surface area contributed by atoms with Crippen molar-refractivity contribution in [2.75, 3.05) is 5.32 Å². The lowest BCUT2D eigenvalue weighted by molar-refractivity contribution is -0.137. The van der Waals surface area contributed by atoms with E-state index in [1.807, 2.05) is 24.3 Å². The Balaban J connectivity index is 1.71. The third kappa shape index (κ3) is 4.37. The lowest BCUT2D eigenvalue weighted by Crippen LogP contribution is -2.32. The minimum absolute atomic E-state index is 0.175. The average molecular weight is 432 g/mol. The lowest BCUT2D eigenvalue weighted by Gasteiger charge is -2.15. The van der Waals surface area contributed by atoms with E-state index in [-0.39, 0.29) is 24.1 Å². The first kappa shape index (κ1) is 20.8. The second-order valence-corrected chi connectivity index (χ2v) is 8.15. The van der Waals surface area contributed by atoms with E-state index in [1.54, 1.807) is 48.8 Å². The Bertz CT molecular complexity index is 1140. The maximum atomic E-state index is 13.3. The van der Waals surface area contributed by atoms with E-state index in [1.165, 1.54) is 10.5 Å². The van der Waals surface area contributed by atoms with E-state index in [4.69, 9.17) is 11.6 Å². The Morgan fingerprint density at radius 1 is 0.903 bits per heavy atom. The van der Waals surface area contributed by atoms with Gasteiger partial charge in [-0.05, 0) is 59.0 Å². The minimum atomic E-state index is -0.361. The molecule has 0 unspecified atom stereocenters. The molecule has 1 aliphatic heterocycles. The van der Waals surface area contributed by atoms with Crippen molar-refractivity contribution in [3.63, 3.8) is 0 Å². The fraction of sp³-hybridized carbons (Fsp3) is 0.160. The normalized spacial score (nSPS) is 14.0. The summed E-state index contributed by atoms with van der Waals surface area (Å²) in [6, 6.07) is 18.4. The van der Waals surface area contributed by atoms with Crippen LogP contribution in [0.25, 0.3) is 5.57 Å². The highest BCUT2D eigenvalue weighted by atomic mass is 35.5. The zero-order valence-electron chi connectivity index (χ0n) is 17.3. The molecule has 1 N–H and O–H groups in total. The van der Waals surface area contributed by atoms with Gasteiger partial charge in [-0.1, -0.05) is 49.7 Å². The van der Waals surface area contributed by atoms with Gasteiger partial charge in [-0.25, -0.2) is 0 Å². The van der Waals surface area contributed by atoms with Crippen LogP contribution >= 0.6 is 11.6 Å². The number of rotatable bonds is 6. The Morgan fingerprint density at radius 3 is 2.16 bits per heavy atom. The number of nitrogens with zero attached hydrogens (tertiary/aromatic N) is 2. The average Bonchev–Trinajstić information content (AvgIpc) is 3.00. The molecule has 2 heterocycles. The number of pyridine rings is 1. The fourth-order valence-corrected chi connectivity index (χ4v) is 3.61. The van der Waals surface area contributed by atoms with Crippen LogP contribution < -0.4 is 5.32 Å². The van der Waals surface area contributed by atoms with Crippen molar-refractivity contribution < 1.29 is 9.59 Å². The van der Waals surface area contributed by atoms with Crippen LogP contribution in [0.15, 0.2) is 78.8 Å². The van der Waals surface area contributed by atoms with Crippen molar-refractivity contribution in [2.24, 2.45) is 0 Å². The van der Waals surface area contributed by atoms with E-state index in [9.17, 15) is 9.59 Å². The van der Waals surface area contributed by atoms with Crippen LogP contribution in [-0.4, -0.2) is 21.7 Å². The minimum Gasteiger partial charge on any atom is -0.350 e. The summed E-state index contributed by atoms with van der Waals surface area (Å²) in [6.45, 7) is 4.42. The molecule has 6 heteroatoms. The van der Waals surface area contributed by atoms with Gasteiger partial charge in [0.1, 0.15) is 5.70 Å². The Hall–Kier alpha value is -3.44. The van der Waals surface area contributed by atoms with Gasteiger partial charge in [0.2, 0.25) is 0 Å². The van der Waals surface area contributed by atoms with E-state index < -0.39 is 0 Å². The second kappa shape index (κ2) is 8.74. The quantitative estimate of drug-likeness (QED) is 0.541. The molecule has 0 fully saturated rings. The molecule has 1 aromatic heterocycles. The van der Waals surface area contributed by atoms with Gasteiger partial charge in [0.15, 0.2) is 0 Å². The molecule has 0 saturated heterocycles. The van der Waals surface area contributed by atoms with Gasteiger partial charge in [0.05, 0.1) is 12.1 Å². The van der Waals surface area contributed by atoms with Crippen molar-refractivity contribution in [3.8, 4) is 0 Å². The first-order chi connectivity index (χ1) is 14.9. The van der Waals surface area contributed by atoms with Crippen molar-refractivity contribution in [3.05, 3.63) is 100 Å². The van der Waals surface area contributed by atoms with Gasteiger partial charge in [-0.15, -0.1) is 0 Å². The van der Waals surface area contributed by atoms with E-state index >= 15 is 0 Å². The number of imide groups is 1. The monoisotopic (exact) mass is 431 g/mol. The van der Waals surface area contributed by atoms with E-state index in [0.29, 0.717) is 22.1 Å². The molecule has 4 rings (SSSR count). The number of carbonyl (C=O) groups is 2. The topological polar surface area (TPSA) is 62.3 Å². The Kier molecular flexibility index (Phi) is 5.87. The predicted octanol–water partition coefficient (Wildman–Crippen LogP) is 5.25. The number of halogens is 1. The number of carbonyl (C=O) groups excluding carboxylic acids is 2. The van der Waals surface area contributed by atoms with E-state index in [0.717, 1.165) is 11.3 Å². The zero-order chi connectivity index (χ0) is 22.0. The third-order valence-corrected chi connectivity index (χ3v) is 5.49. The van der Waals surface area contributed by atoms with Gasteiger partial charge < -0.3 is 5.32 Å². The molecule has 31 heavy (non-hydrogen) atoms. The maximum absolute atomic E-state index is 13.3. The highest BCUT2D eigenvalue weighted by molar-refractivity contribution is 6.36. The molecule has 0 atom stereocenters. The number of hydrogen-bond acceptors (Lipinski definition) is 4. The summed E-state index contributed by atoms with van der Waals surface area (Å²) in [5.74, 6) is -0.298. The van der Waals surface area contributed by atoms with Crippen molar-refractivity contribution in [2.45, 2.75) is 26.3 Å². The molecular formula is C25H22ClN3O2. The molecule has 156 valence electrons. The van der Waals surface area contributed by atoms with Crippen molar-refractivity contribution in [1.82, 2.24) is 9.88 Å². The van der Waals surface area contributed by atoms with Gasteiger partial charge in [0, 0.05) is 23.1 Å². The molecule has 2 amide bonds. The SMILES string of the molecule is CC(C)c1ccc(NC2=C(c3ccc(Cl)cc3)C(=O)N(Cc3ccncc3)C2=O)cc1. The second-order valence-electron chi connectivity index (χ2n) is 7.71. The summed E-state index contributed by atoms with van der Waals surface area (Å²) in [5, 5.41) is 3.75. The molecule has 1 aliphatic rings. The molecule has 5 nitrogen and oxygen atoms in total. The number of benzene rings is 2. The van der Waals surface area contributed by atoms with Crippen LogP contribution in [0.5, 0.6) is 0 Å². The van der Waals surface area contributed by atoms with Gasteiger partial charge >= 0.3 is 0 Å². The molecule has 0 spiro atoms. The van der Waals surface area contributed by atoms with Gasteiger partial charge in [-0.2, -0.15) is 0 Å². The number of anilines is 1. The van der Waals surface area contributed by atoms with Crippen LogP contribution in [0.3, 0.4) is 0 Å². The van der Waals surface area contributed by atoms with Crippen LogP contribution in [0.1, 0.15) is 36.5 Å². The zero-order valence-corrected chi connectivity index (χ0v) is 18.1. The molecule has 0 saturated carbocycles. The largest absolute Gasteiger partial charge is 0.350 e. The third-order valence-electron chi connectivity index (χ3n) is 5.24. The molecule has 3 aromatic rings. The summed E-state index contributed by atoms with van der Waals surface area (Å²) >= 11 is 6.03. The molecule has 0 radical (unpaired) electrons. The molecule has 0 bridgehead atoms. The van der Waals surface area contributed by atoms with Crippen LogP contribution in [0, 0.1) is 0 Å². The van der Waals surface area contributed by atoms with Crippen LogP contribution in [-0.2, 0) is 16.1 Å². The summed E-state index contributed by atoms with van der Waals surface area (Å²) in [6.07, 6.45) is 3.28. The van der Waals surface area contributed by atoms with Crippen molar-refractivity contribution in [1.29, 1.82) is 0 Å². The summed E-state index contributed by atoms with van der Waals surface area (Å²) in [5.41, 5.74) is 4.02. The highest BCUT2D eigenvalue weighted by Crippen LogP contribution is 2.32. The molecule has 0 aliphatic carbocycles. The summed E-state index contributed by atoms with van der Waals surface area (Å²) < 4.78 is 0. The van der Waals surface area contributed by atoms with Crippen LogP contribution in [0.4, 0.5) is 5.69 Å². The molecular weight excluding hydrogens is 410 g/mol. The Labute approximate surface area is 186 Å². The smallest absolute Gasteiger partial charge is 0.278 e. The van der Waals surface area contributed by atoms with Crippen LogP contribution in [0.2, 0.25) is 5.02 Å². The number of aromatic nitrogens is 1. The number of hydrogen-bond donors (Lipinski definition) is 1. The Morgan fingerprint density at radius 2 is 1.55 bits per heavy atom. The standard InChI is InChI=1S/C25H22ClN3O2/c1-16(2)18-5-9-21(10-6-18)28-23-22(19-3-7-20(26)8-4-19)24(30)29(25(23)31)15-17-11-13-27-14-12-17/h3-14,16,28H,15H2,1-2H3. The number of nitrogens with one attached hydrogen (secondary N) is 1. The fourth-order valence-electron chi connectivity index (χ4n) is 3.49. The van der Waals surface area contributed by atoms with Crippen molar-refractivity contribution >= 4 is 34.7 Å². The van der Waals surface area contributed by atoms with Gasteiger partial charge in [0.25, 0.3) is 11.8 Å². The first-order valence-electron chi connectivity index (χ1n) is 10.1. The summed E-state index contributed by atoms with van der Waals surface area (Å²) in [7, 11) is 0. The van der Waals surface area contributed by atoms with Gasteiger partial charge in [-0.3, -0.25) is 19.5 Å². The number of amides is 2. The predicted molar refractivity (Wildman–Crippen MR) is 122 cm³/mol. The maximum Gasteiger partial charge on any atom is 0.278 e. The summed E-state index contributed by atoms with van der Waals surface area (Å²) in [4.78, 5) is 31.9. The van der Waals surface area contributed by atoms with E-state index in [2.05, 4.69) is 24.1 Å².